The average molecular weight is 292 g/mol. The maximum Gasteiger partial charge on any atom is 0.330 e. The van der Waals surface area contributed by atoms with Gasteiger partial charge in [-0.2, -0.15) is 0 Å². The van der Waals surface area contributed by atoms with Crippen molar-refractivity contribution in [2.75, 3.05) is 27.9 Å². The van der Waals surface area contributed by atoms with E-state index in [0.717, 1.165) is 0 Å². The molecule has 0 aliphatic heterocycles. The lowest BCUT2D eigenvalue weighted by atomic mass is 10.1. The Morgan fingerprint density at radius 2 is 1.84 bits per heavy atom. The molecule has 0 radical (unpaired) electrons. The van der Waals surface area contributed by atoms with Gasteiger partial charge in [-0.3, -0.25) is 0 Å². The summed E-state index contributed by atoms with van der Waals surface area (Å²) in [5.74, 6) is -1.56. The minimum absolute atomic E-state index is 0.317. The molecule has 0 saturated heterocycles. The van der Waals surface area contributed by atoms with E-state index in [9.17, 15) is 4.79 Å². The van der Waals surface area contributed by atoms with Crippen molar-refractivity contribution >= 4 is 16.5 Å². The topological polar surface area (TPSA) is 63.2 Å². The fraction of sp³-hybridized carbons (Fsp3) is 0.750. The van der Waals surface area contributed by atoms with E-state index in [0.29, 0.717) is 29.9 Å². The molecular formula is C12H24O6Si. The summed E-state index contributed by atoms with van der Waals surface area (Å²) in [6.45, 7) is 2.08. The molecule has 0 saturated carbocycles. The van der Waals surface area contributed by atoms with Crippen molar-refractivity contribution in [2.24, 2.45) is 0 Å². The van der Waals surface area contributed by atoms with E-state index < -0.39 is 5.97 Å². The standard InChI is InChI=1S/C12H24O6Si/c1-5-7-11(13)17-9-6-8-10(18-19)12(14-2,15-3)16-4/h5,7,10H,6,8-9H2,1-4,19H3. The van der Waals surface area contributed by atoms with Gasteiger partial charge in [0.05, 0.1) is 6.61 Å². The molecule has 6 nitrogen and oxygen atoms in total. The molecule has 0 amide bonds. The van der Waals surface area contributed by atoms with Crippen molar-refractivity contribution < 1.29 is 28.2 Å². The molecule has 0 N–H and O–H groups in total. The first-order chi connectivity index (χ1) is 9.10. The largest absolute Gasteiger partial charge is 0.463 e. The monoisotopic (exact) mass is 292 g/mol. The second-order valence-corrected chi connectivity index (χ2v) is 4.22. The summed E-state index contributed by atoms with van der Waals surface area (Å²) >= 11 is 0. The maximum absolute atomic E-state index is 11.1. The molecule has 7 heteroatoms. The molecular weight excluding hydrogens is 268 g/mol. The van der Waals surface area contributed by atoms with E-state index in [4.69, 9.17) is 23.4 Å². The van der Waals surface area contributed by atoms with Crippen LogP contribution in [0.2, 0.25) is 0 Å². The fourth-order valence-electron chi connectivity index (χ4n) is 1.71. The first-order valence-corrected chi connectivity index (χ1v) is 6.89. The Morgan fingerprint density at radius 3 is 2.26 bits per heavy atom. The number of carbonyl (C=O) groups is 1. The maximum atomic E-state index is 11.1. The first-order valence-electron chi connectivity index (χ1n) is 6.07. The zero-order valence-corrected chi connectivity index (χ0v) is 14.3. The zero-order valence-electron chi connectivity index (χ0n) is 12.3. The lowest BCUT2D eigenvalue weighted by Gasteiger charge is -2.35. The predicted molar refractivity (Wildman–Crippen MR) is 73.6 cm³/mol. The van der Waals surface area contributed by atoms with E-state index in [1.54, 1.807) is 13.0 Å². The third-order valence-electron chi connectivity index (χ3n) is 2.69. The van der Waals surface area contributed by atoms with Gasteiger partial charge < -0.3 is 23.4 Å². The van der Waals surface area contributed by atoms with Crippen LogP contribution < -0.4 is 0 Å². The molecule has 0 aromatic rings. The van der Waals surface area contributed by atoms with Gasteiger partial charge in [-0.1, -0.05) is 6.08 Å². The molecule has 0 aliphatic rings. The number of hydrogen-bond donors (Lipinski definition) is 0. The molecule has 112 valence electrons. The SMILES string of the molecule is CC=CC(=O)OCCCC(O[SiH3])C(OC)(OC)OC. The summed E-state index contributed by atoms with van der Waals surface area (Å²) in [6, 6.07) is 0. The van der Waals surface area contributed by atoms with Crippen LogP contribution in [0, 0.1) is 0 Å². The Balaban J connectivity index is 4.23. The molecule has 0 fully saturated rings. The van der Waals surface area contributed by atoms with Gasteiger partial charge in [0.15, 0.2) is 0 Å². The first kappa shape index (κ1) is 18.3. The Morgan fingerprint density at radius 1 is 1.26 bits per heavy atom. The van der Waals surface area contributed by atoms with Crippen LogP contribution in [0.1, 0.15) is 19.8 Å². The summed E-state index contributed by atoms with van der Waals surface area (Å²) in [5.41, 5.74) is 0. The van der Waals surface area contributed by atoms with E-state index in [-0.39, 0.29) is 12.1 Å². The van der Waals surface area contributed by atoms with Gasteiger partial charge in [0.1, 0.15) is 16.6 Å². The number of methoxy groups -OCH3 is 3. The highest BCUT2D eigenvalue weighted by atomic mass is 28.2. The van der Waals surface area contributed by atoms with Gasteiger partial charge in [0.25, 0.3) is 0 Å². The number of ether oxygens (including phenoxy) is 4. The van der Waals surface area contributed by atoms with Crippen molar-refractivity contribution in [1.82, 2.24) is 0 Å². The van der Waals surface area contributed by atoms with Crippen LogP contribution >= 0.6 is 0 Å². The van der Waals surface area contributed by atoms with Gasteiger partial charge in [0.2, 0.25) is 0 Å². The van der Waals surface area contributed by atoms with Gasteiger partial charge in [-0.25, -0.2) is 4.79 Å². The van der Waals surface area contributed by atoms with Crippen molar-refractivity contribution in [3.05, 3.63) is 12.2 Å². The van der Waals surface area contributed by atoms with Crippen LogP contribution in [-0.2, 0) is 28.2 Å². The molecule has 0 rings (SSSR count). The third kappa shape index (κ3) is 5.83. The van der Waals surface area contributed by atoms with Crippen molar-refractivity contribution in [3.63, 3.8) is 0 Å². The minimum Gasteiger partial charge on any atom is -0.463 e. The summed E-state index contributed by atoms with van der Waals surface area (Å²) in [7, 11) is 5.00. The number of hydrogen-bond acceptors (Lipinski definition) is 6. The molecule has 19 heavy (non-hydrogen) atoms. The number of esters is 1. The second kappa shape index (κ2) is 10.1. The van der Waals surface area contributed by atoms with Crippen LogP contribution in [0.4, 0.5) is 0 Å². The Bertz CT molecular complexity index is 269. The zero-order chi connectivity index (χ0) is 14.7. The third-order valence-corrected chi connectivity index (χ3v) is 3.26. The van der Waals surface area contributed by atoms with Crippen LogP contribution in [0.3, 0.4) is 0 Å². The molecule has 0 spiro atoms. The highest BCUT2D eigenvalue weighted by Gasteiger charge is 2.39. The number of rotatable bonds is 10. The quantitative estimate of drug-likeness (QED) is 0.188. The van der Waals surface area contributed by atoms with E-state index in [1.165, 1.54) is 27.4 Å². The van der Waals surface area contributed by atoms with E-state index in [2.05, 4.69) is 0 Å². The normalized spacial score (nSPS) is 13.9. The van der Waals surface area contributed by atoms with Gasteiger partial charge in [-0.05, 0) is 19.8 Å². The van der Waals surface area contributed by atoms with Crippen molar-refractivity contribution in [3.8, 4) is 0 Å². The lowest BCUT2D eigenvalue weighted by Crippen LogP contribution is -2.49. The van der Waals surface area contributed by atoms with Crippen LogP contribution in [-0.4, -0.2) is 56.5 Å². The van der Waals surface area contributed by atoms with E-state index >= 15 is 0 Å². The van der Waals surface area contributed by atoms with E-state index in [1.807, 2.05) is 0 Å². The van der Waals surface area contributed by atoms with Gasteiger partial charge in [-0.15, -0.1) is 0 Å². The molecule has 0 aromatic heterocycles. The molecule has 0 heterocycles. The number of carbonyl (C=O) groups excluding carboxylic acids is 1. The average Bonchev–Trinajstić information content (AvgIpc) is 2.43. The second-order valence-electron chi connectivity index (χ2n) is 3.75. The minimum atomic E-state index is -1.21. The van der Waals surface area contributed by atoms with Crippen LogP contribution in [0.5, 0.6) is 0 Å². The van der Waals surface area contributed by atoms with Gasteiger partial charge >= 0.3 is 11.9 Å². The molecule has 0 aromatic carbocycles. The Labute approximate surface area is 117 Å². The number of allylic oxidation sites excluding steroid dienone is 1. The highest BCUT2D eigenvalue weighted by Crippen LogP contribution is 2.23. The molecule has 1 unspecified atom stereocenters. The van der Waals surface area contributed by atoms with Gasteiger partial charge in [0, 0.05) is 27.4 Å². The predicted octanol–water partition coefficient (Wildman–Crippen LogP) is 0.144. The summed E-state index contributed by atoms with van der Waals surface area (Å²) in [6.07, 6.45) is 3.89. The fourth-order valence-corrected chi connectivity index (χ4v) is 2.23. The van der Waals surface area contributed by atoms with Crippen molar-refractivity contribution in [1.29, 1.82) is 0 Å². The smallest absolute Gasteiger partial charge is 0.330 e. The molecule has 0 aliphatic carbocycles. The molecule has 1 atom stereocenters. The lowest BCUT2D eigenvalue weighted by molar-refractivity contribution is -0.384. The molecule has 0 bridgehead atoms. The van der Waals surface area contributed by atoms with Crippen LogP contribution in [0.25, 0.3) is 0 Å². The van der Waals surface area contributed by atoms with Crippen molar-refractivity contribution in [2.45, 2.75) is 31.8 Å². The summed E-state index contributed by atoms with van der Waals surface area (Å²) < 4.78 is 26.2. The Kier molecular flexibility index (Phi) is 9.71. The Hall–Kier alpha value is -0.733. The highest BCUT2D eigenvalue weighted by molar-refractivity contribution is 5.98. The summed E-state index contributed by atoms with van der Waals surface area (Å²) in [5, 5.41) is 0. The van der Waals surface area contributed by atoms with Crippen LogP contribution in [0.15, 0.2) is 12.2 Å². The summed E-state index contributed by atoms with van der Waals surface area (Å²) in [4.78, 5) is 11.1.